The summed E-state index contributed by atoms with van der Waals surface area (Å²) in [6.07, 6.45) is 0.212. The molecule has 2 heterocycles. The maximum absolute atomic E-state index is 12.6. The minimum atomic E-state index is -1.16. The normalized spacial score (nSPS) is 27.2. The van der Waals surface area contributed by atoms with Gasteiger partial charge in [-0.25, -0.2) is 4.90 Å². The van der Waals surface area contributed by atoms with Crippen LogP contribution in [-0.4, -0.2) is 29.5 Å². The van der Waals surface area contributed by atoms with Crippen molar-refractivity contribution in [1.82, 2.24) is 0 Å². The Morgan fingerprint density at radius 1 is 1.45 bits per heavy atom. The predicted molar refractivity (Wildman–Crippen MR) is 81.6 cm³/mol. The number of carbonyl (C=O) groups is 2. The smallest absolute Gasteiger partial charge is 0.264 e. The molecular weight excluding hydrogens is 329 g/mol. The number of rotatable bonds is 3. The molecule has 0 aliphatic carbocycles. The van der Waals surface area contributed by atoms with Gasteiger partial charge in [-0.1, -0.05) is 23.2 Å². The first-order valence-electron chi connectivity index (χ1n) is 6.82. The molecule has 1 fully saturated rings. The zero-order chi connectivity index (χ0) is 15.9. The van der Waals surface area contributed by atoms with E-state index in [0.29, 0.717) is 23.1 Å². The highest BCUT2D eigenvalue weighted by Crippen LogP contribution is 2.41. The van der Waals surface area contributed by atoms with Gasteiger partial charge in [-0.3, -0.25) is 9.59 Å². The summed E-state index contributed by atoms with van der Waals surface area (Å²) < 4.78 is 5.34. The highest BCUT2D eigenvalue weighted by Gasteiger charge is 2.56. The first kappa shape index (κ1) is 15.2. The Morgan fingerprint density at radius 3 is 2.82 bits per heavy atom. The fourth-order valence-electron chi connectivity index (χ4n) is 2.66. The monoisotopic (exact) mass is 341 g/mol. The van der Waals surface area contributed by atoms with E-state index in [4.69, 9.17) is 27.9 Å². The van der Waals surface area contributed by atoms with E-state index in [1.807, 2.05) is 6.92 Å². The number of anilines is 1. The topological polar surface area (TPSA) is 71.3 Å². The number of imide groups is 1. The zero-order valence-electron chi connectivity index (χ0n) is 11.8. The van der Waals surface area contributed by atoms with Crippen LogP contribution in [0.4, 0.5) is 5.69 Å². The molecule has 2 atom stereocenters. The Hall–Kier alpha value is -1.66. The Balaban J connectivity index is 1.92. The average Bonchev–Trinajstić information content (AvgIpc) is 2.94. The Bertz CT molecular complexity index is 679. The van der Waals surface area contributed by atoms with E-state index in [-0.39, 0.29) is 18.7 Å². The van der Waals surface area contributed by atoms with Crippen molar-refractivity contribution in [2.24, 2.45) is 10.2 Å². The first-order valence-corrected chi connectivity index (χ1v) is 7.64. The molecule has 2 amide bonds. The molecule has 0 bridgehead atoms. The third-order valence-corrected chi connectivity index (χ3v) is 4.19. The van der Waals surface area contributed by atoms with Crippen LogP contribution in [0.2, 0.25) is 5.02 Å². The molecule has 1 spiro atoms. The van der Waals surface area contributed by atoms with E-state index >= 15 is 0 Å². The van der Waals surface area contributed by atoms with Crippen LogP contribution in [0.1, 0.15) is 19.8 Å². The number of azo groups is 1. The van der Waals surface area contributed by atoms with Gasteiger partial charge in [0.15, 0.2) is 5.54 Å². The molecule has 1 saturated heterocycles. The molecule has 22 heavy (non-hydrogen) atoms. The number of amides is 2. The highest BCUT2D eigenvalue weighted by molar-refractivity contribution is 6.33. The zero-order valence-corrected chi connectivity index (χ0v) is 13.3. The summed E-state index contributed by atoms with van der Waals surface area (Å²) in [5.74, 6) is -0.248. The van der Waals surface area contributed by atoms with E-state index in [1.165, 1.54) is 6.07 Å². The second-order valence-electron chi connectivity index (χ2n) is 5.14. The summed E-state index contributed by atoms with van der Waals surface area (Å²) >= 11 is 12.0. The van der Waals surface area contributed by atoms with Gasteiger partial charge in [-0.05, 0) is 25.1 Å². The number of alkyl halides is 1. The van der Waals surface area contributed by atoms with Crippen LogP contribution in [0.5, 0.6) is 5.75 Å². The van der Waals surface area contributed by atoms with Crippen molar-refractivity contribution in [3.8, 4) is 5.75 Å². The second-order valence-corrected chi connectivity index (χ2v) is 6.06. The number of nitrogens with zero attached hydrogens (tertiary/aromatic N) is 3. The Morgan fingerprint density at radius 2 is 2.23 bits per heavy atom. The van der Waals surface area contributed by atoms with Crippen molar-refractivity contribution < 1.29 is 14.3 Å². The summed E-state index contributed by atoms with van der Waals surface area (Å²) in [4.78, 5) is 26.0. The molecule has 0 radical (unpaired) electrons. The molecule has 0 unspecified atom stereocenters. The number of carbonyl (C=O) groups excluding carboxylic acids is 2. The van der Waals surface area contributed by atoms with Gasteiger partial charge < -0.3 is 4.74 Å². The lowest BCUT2D eigenvalue weighted by atomic mass is 9.95. The van der Waals surface area contributed by atoms with Gasteiger partial charge in [0.2, 0.25) is 5.91 Å². The first-order chi connectivity index (χ1) is 10.5. The van der Waals surface area contributed by atoms with Gasteiger partial charge >= 0.3 is 0 Å². The molecule has 1 aromatic rings. The summed E-state index contributed by atoms with van der Waals surface area (Å²) in [6, 6.07) is 4.79. The van der Waals surface area contributed by atoms with Gasteiger partial charge in [0.1, 0.15) is 11.3 Å². The van der Waals surface area contributed by atoms with Crippen LogP contribution in [0.25, 0.3) is 0 Å². The van der Waals surface area contributed by atoms with E-state index in [2.05, 4.69) is 10.2 Å². The second kappa shape index (κ2) is 5.52. The van der Waals surface area contributed by atoms with E-state index < -0.39 is 16.9 Å². The maximum atomic E-state index is 12.6. The van der Waals surface area contributed by atoms with Crippen LogP contribution >= 0.6 is 23.2 Å². The molecule has 3 rings (SSSR count). The third kappa shape index (κ3) is 2.36. The number of hydrogen-bond acceptors (Lipinski definition) is 5. The van der Waals surface area contributed by atoms with Gasteiger partial charge in [0.25, 0.3) is 5.91 Å². The van der Waals surface area contributed by atoms with Crippen LogP contribution in [0, 0.1) is 0 Å². The lowest BCUT2D eigenvalue weighted by molar-refractivity contribution is -0.122. The molecular formula is C14H13Cl2N3O3. The minimum absolute atomic E-state index is 0.0244. The number of benzene rings is 1. The molecule has 8 heteroatoms. The van der Waals surface area contributed by atoms with E-state index in [1.54, 1.807) is 12.1 Å². The standard InChI is InChI=1S/C14H13Cl2N3O3/c1-2-22-10-4-3-8(5-9(10)15)19-12(20)7-14(13(19)21)6-11(16)17-18-14/h3-5,11H,2,6-7H2,1H3/t11-,14+/m1/s1. The Labute approximate surface area is 137 Å². The van der Waals surface area contributed by atoms with Gasteiger partial charge in [-0.15, -0.1) is 0 Å². The van der Waals surface area contributed by atoms with Crippen molar-refractivity contribution in [3.05, 3.63) is 23.2 Å². The SMILES string of the molecule is CCOc1ccc(N2C(=O)C[C@@]3(C[C@H](Cl)N=N3)C2=O)cc1Cl. The van der Waals surface area contributed by atoms with E-state index in [9.17, 15) is 9.59 Å². The largest absolute Gasteiger partial charge is 0.492 e. The molecule has 6 nitrogen and oxygen atoms in total. The van der Waals surface area contributed by atoms with Crippen LogP contribution in [0.3, 0.4) is 0 Å². The summed E-state index contributed by atoms with van der Waals surface area (Å²) in [6.45, 7) is 2.32. The van der Waals surface area contributed by atoms with Crippen LogP contribution in [0.15, 0.2) is 28.4 Å². The maximum Gasteiger partial charge on any atom is 0.264 e. The van der Waals surface area contributed by atoms with Crippen molar-refractivity contribution in [1.29, 1.82) is 0 Å². The molecule has 2 aliphatic heterocycles. The fourth-order valence-corrected chi connectivity index (χ4v) is 3.19. The quantitative estimate of drug-likeness (QED) is 0.481. The highest BCUT2D eigenvalue weighted by atomic mass is 35.5. The number of ether oxygens (including phenoxy) is 1. The van der Waals surface area contributed by atoms with Gasteiger partial charge in [-0.2, -0.15) is 10.2 Å². The number of hydrogen-bond donors (Lipinski definition) is 0. The molecule has 0 N–H and O–H groups in total. The lowest BCUT2D eigenvalue weighted by Crippen LogP contribution is -2.38. The fraction of sp³-hybridized carbons (Fsp3) is 0.429. The summed E-state index contributed by atoms with van der Waals surface area (Å²) in [5, 5.41) is 8.07. The minimum Gasteiger partial charge on any atom is -0.492 e. The Kier molecular flexibility index (Phi) is 3.82. The van der Waals surface area contributed by atoms with Crippen molar-refractivity contribution in [2.75, 3.05) is 11.5 Å². The molecule has 2 aliphatic rings. The number of halogens is 2. The van der Waals surface area contributed by atoms with Crippen LogP contribution < -0.4 is 9.64 Å². The van der Waals surface area contributed by atoms with Crippen molar-refractivity contribution in [2.45, 2.75) is 30.8 Å². The van der Waals surface area contributed by atoms with E-state index in [0.717, 1.165) is 4.90 Å². The third-order valence-electron chi connectivity index (χ3n) is 3.65. The van der Waals surface area contributed by atoms with Gasteiger partial charge in [0.05, 0.1) is 23.7 Å². The van der Waals surface area contributed by atoms with Crippen LogP contribution in [-0.2, 0) is 9.59 Å². The predicted octanol–water partition coefficient (Wildman–Crippen LogP) is 3.16. The molecule has 0 aromatic heterocycles. The molecule has 1 aromatic carbocycles. The van der Waals surface area contributed by atoms with Gasteiger partial charge in [0, 0.05) is 6.42 Å². The summed E-state index contributed by atoms with van der Waals surface area (Å²) in [5.41, 5.74) is -1.33. The lowest BCUT2D eigenvalue weighted by Gasteiger charge is -2.18. The molecule has 0 saturated carbocycles. The van der Waals surface area contributed by atoms with Crippen molar-refractivity contribution >= 4 is 40.7 Å². The summed E-state index contributed by atoms with van der Waals surface area (Å²) in [7, 11) is 0. The van der Waals surface area contributed by atoms with Crippen molar-refractivity contribution in [3.63, 3.8) is 0 Å². The molecule has 116 valence electrons. The average molecular weight is 342 g/mol.